The average molecular weight is 361 g/mol. The van der Waals surface area contributed by atoms with Crippen LogP contribution in [-0.4, -0.2) is 18.3 Å². The summed E-state index contributed by atoms with van der Waals surface area (Å²) in [4.78, 5) is 0. The standard InChI is InChI=1S/C24H27NO2/c1-14-10-15(2)19-8-9-22(27-5)23(20(19)11-14)18-7-6-17-12-16(3)25-24(4,26)21(17)13-18/h6-11,13,16,25-26H,12H2,1-5H3/t16-,24+/m1/s1. The quantitative estimate of drug-likeness (QED) is 0.687. The monoisotopic (exact) mass is 361 g/mol. The molecular weight excluding hydrogens is 334 g/mol. The van der Waals surface area contributed by atoms with Crippen LogP contribution >= 0.6 is 0 Å². The van der Waals surface area contributed by atoms with Crippen molar-refractivity contribution in [1.29, 1.82) is 0 Å². The lowest BCUT2D eigenvalue weighted by molar-refractivity contribution is 0.00157. The number of nitrogens with one attached hydrogen (secondary N) is 1. The second kappa shape index (κ2) is 6.36. The van der Waals surface area contributed by atoms with Gasteiger partial charge in [0, 0.05) is 17.2 Å². The first kappa shape index (κ1) is 18.0. The Morgan fingerprint density at radius 2 is 1.85 bits per heavy atom. The molecule has 0 fully saturated rings. The van der Waals surface area contributed by atoms with Gasteiger partial charge in [0.15, 0.2) is 0 Å². The number of aryl methyl sites for hydroxylation is 2. The molecule has 3 nitrogen and oxygen atoms in total. The summed E-state index contributed by atoms with van der Waals surface area (Å²) in [5.74, 6) is 0.851. The summed E-state index contributed by atoms with van der Waals surface area (Å²) in [7, 11) is 1.71. The van der Waals surface area contributed by atoms with Crippen LogP contribution in [-0.2, 0) is 12.1 Å². The number of fused-ring (bicyclic) bond motifs is 2. The van der Waals surface area contributed by atoms with E-state index < -0.39 is 5.72 Å². The number of ether oxygens (including phenoxy) is 1. The predicted molar refractivity (Wildman–Crippen MR) is 111 cm³/mol. The van der Waals surface area contributed by atoms with Gasteiger partial charge in [-0.2, -0.15) is 0 Å². The summed E-state index contributed by atoms with van der Waals surface area (Å²) in [6.07, 6.45) is 0.913. The fourth-order valence-electron chi connectivity index (χ4n) is 4.55. The minimum atomic E-state index is -1.04. The average Bonchev–Trinajstić information content (AvgIpc) is 2.59. The van der Waals surface area contributed by atoms with E-state index in [1.54, 1.807) is 7.11 Å². The van der Waals surface area contributed by atoms with E-state index in [0.29, 0.717) is 0 Å². The highest BCUT2D eigenvalue weighted by molar-refractivity contribution is 6.01. The molecule has 0 saturated carbocycles. The minimum absolute atomic E-state index is 0.246. The van der Waals surface area contributed by atoms with Crippen molar-refractivity contribution in [3.63, 3.8) is 0 Å². The largest absolute Gasteiger partial charge is 0.496 e. The van der Waals surface area contributed by atoms with Gasteiger partial charge in [-0.15, -0.1) is 0 Å². The van der Waals surface area contributed by atoms with E-state index in [4.69, 9.17) is 4.74 Å². The van der Waals surface area contributed by atoms with Crippen molar-refractivity contribution >= 4 is 10.8 Å². The molecule has 1 aliphatic rings. The van der Waals surface area contributed by atoms with Gasteiger partial charge in [-0.25, -0.2) is 0 Å². The highest BCUT2D eigenvalue weighted by Crippen LogP contribution is 2.41. The molecule has 0 aromatic heterocycles. The van der Waals surface area contributed by atoms with Gasteiger partial charge in [0.25, 0.3) is 0 Å². The number of aliphatic hydroxyl groups is 1. The third-order valence-corrected chi connectivity index (χ3v) is 5.64. The summed E-state index contributed by atoms with van der Waals surface area (Å²) in [5.41, 5.74) is 5.75. The second-order valence-electron chi connectivity index (χ2n) is 8.01. The van der Waals surface area contributed by atoms with Gasteiger partial charge in [-0.1, -0.05) is 35.9 Å². The van der Waals surface area contributed by atoms with E-state index >= 15 is 0 Å². The molecule has 3 aromatic carbocycles. The first-order valence-corrected chi connectivity index (χ1v) is 9.52. The summed E-state index contributed by atoms with van der Waals surface area (Å²) in [6.45, 7) is 8.21. The van der Waals surface area contributed by atoms with Crippen molar-refractivity contribution < 1.29 is 9.84 Å². The fourth-order valence-corrected chi connectivity index (χ4v) is 4.55. The lowest BCUT2D eigenvalue weighted by Crippen LogP contribution is -2.49. The fraction of sp³-hybridized carbons (Fsp3) is 0.333. The van der Waals surface area contributed by atoms with Crippen LogP contribution < -0.4 is 10.1 Å². The van der Waals surface area contributed by atoms with Crippen molar-refractivity contribution in [2.45, 2.75) is 45.9 Å². The van der Waals surface area contributed by atoms with E-state index in [2.05, 4.69) is 62.5 Å². The van der Waals surface area contributed by atoms with Crippen molar-refractivity contribution in [2.24, 2.45) is 0 Å². The Hall–Kier alpha value is -2.36. The Labute approximate surface area is 161 Å². The van der Waals surface area contributed by atoms with Crippen LogP contribution in [0.1, 0.15) is 36.1 Å². The molecule has 27 heavy (non-hydrogen) atoms. The summed E-state index contributed by atoms with van der Waals surface area (Å²) in [5, 5.41) is 16.7. The van der Waals surface area contributed by atoms with Crippen LogP contribution in [0.15, 0.2) is 42.5 Å². The van der Waals surface area contributed by atoms with Gasteiger partial charge in [-0.3, -0.25) is 5.32 Å². The van der Waals surface area contributed by atoms with Crippen LogP contribution in [0.4, 0.5) is 0 Å². The van der Waals surface area contributed by atoms with Gasteiger partial charge in [0.1, 0.15) is 11.5 Å². The lowest BCUT2D eigenvalue weighted by Gasteiger charge is -2.36. The van der Waals surface area contributed by atoms with Crippen LogP contribution in [0.3, 0.4) is 0 Å². The Kier molecular flexibility index (Phi) is 4.25. The number of rotatable bonds is 2. The van der Waals surface area contributed by atoms with E-state index in [0.717, 1.165) is 28.9 Å². The molecule has 140 valence electrons. The molecule has 0 saturated heterocycles. The van der Waals surface area contributed by atoms with Gasteiger partial charge >= 0.3 is 0 Å². The second-order valence-corrected chi connectivity index (χ2v) is 8.01. The molecule has 0 aliphatic carbocycles. The molecule has 3 heteroatoms. The zero-order chi connectivity index (χ0) is 19.3. The molecule has 0 spiro atoms. The maximum Gasteiger partial charge on any atom is 0.139 e. The van der Waals surface area contributed by atoms with E-state index in [9.17, 15) is 5.11 Å². The number of hydrogen-bond donors (Lipinski definition) is 2. The van der Waals surface area contributed by atoms with Gasteiger partial charge in [0.05, 0.1) is 7.11 Å². The highest BCUT2D eigenvalue weighted by atomic mass is 16.5. The Morgan fingerprint density at radius 3 is 2.59 bits per heavy atom. The zero-order valence-corrected chi connectivity index (χ0v) is 16.7. The summed E-state index contributed by atoms with van der Waals surface area (Å²) < 4.78 is 5.72. The molecular formula is C24H27NO2. The highest BCUT2D eigenvalue weighted by Gasteiger charge is 2.32. The first-order valence-electron chi connectivity index (χ1n) is 9.52. The maximum atomic E-state index is 11.0. The number of hydrogen-bond acceptors (Lipinski definition) is 3. The van der Waals surface area contributed by atoms with Crippen molar-refractivity contribution in [3.8, 4) is 16.9 Å². The first-order chi connectivity index (χ1) is 12.8. The van der Waals surface area contributed by atoms with Crippen LogP contribution in [0, 0.1) is 13.8 Å². The van der Waals surface area contributed by atoms with E-state index in [1.165, 1.54) is 27.5 Å². The topological polar surface area (TPSA) is 41.5 Å². The Bertz CT molecular complexity index is 1040. The molecule has 1 heterocycles. The summed E-state index contributed by atoms with van der Waals surface area (Å²) in [6, 6.07) is 15.3. The molecule has 0 radical (unpaired) electrons. The molecule has 2 atom stereocenters. The van der Waals surface area contributed by atoms with Gasteiger partial charge in [-0.05, 0) is 73.7 Å². The molecule has 3 aromatic rings. The minimum Gasteiger partial charge on any atom is -0.496 e. The molecule has 4 rings (SSSR count). The normalized spacial score (nSPS) is 21.9. The van der Waals surface area contributed by atoms with Gasteiger partial charge < -0.3 is 9.84 Å². The van der Waals surface area contributed by atoms with Crippen molar-refractivity contribution in [3.05, 3.63) is 64.7 Å². The lowest BCUT2D eigenvalue weighted by atomic mass is 9.85. The Morgan fingerprint density at radius 1 is 1.07 bits per heavy atom. The van der Waals surface area contributed by atoms with E-state index in [1.807, 2.05) is 13.0 Å². The molecule has 0 amide bonds. The van der Waals surface area contributed by atoms with Crippen molar-refractivity contribution in [1.82, 2.24) is 5.32 Å². The number of benzene rings is 3. The van der Waals surface area contributed by atoms with Crippen LogP contribution in [0.2, 0.25) is 0 Å². The van der Waals surface area contributed by atoms with Gasteiger partial charge in [0.2, 0.25) is 0 Å². The Balaban J connectivity index is 2.01. The molecule has 0 unspecified atom stereocenters. The number of methoxy groups -OCH3 is 1. The zero-order valence-electron chi connectivity index (χ0n) is 16.7. The third-order valence-electron chi connectivity index (χ3n) is 5.64. The molecule has 2 N–H and O–H groups in total. The van der Waals surface area contributed by atoms with Crippen LogP contribution in [0.5, 0.6) is 5.75 Å². The van der Waals surface area contributed by atoms with Crippen molar-refractivity contribution in [2.75, 3.05) is 7.11 Å². The van der Waals surface area contributed by atoms with Crippen LogP contribution in [0.25, 0.3) is 21.9 Å². The summed E-state index contributed by atoms with van der Waals surface area (Å²) >= 11 is 0. The SMILES string of the molecule is COc1ccc2c(C)cc(C)cc2c1-c1ccc2c(c1)[C@](C)(O)N[C@H](C)C2. The third kappa shape index (κ3) is 3.01. The molecule has 0 bridgehead atoms. The van der Waals surface area contributed by atoms with E-state index in [-0.39, 0.29) is 6.04 Å². The molecule has 1 aliphatic heterocycles. The maximum absolute atomic E-state index is 11.0. The smallest absolute Gasteiger partial charge is 0.139 e. The predicted octanol–water partition coefficient (Wildman–Crippen LogP) is 4.83.